The number of thioether (sulfide) groups is 1. The van der Waals surface area contributed by atoms with E-state index < -0.39 is 10.0 Å². The van der Waals surface area contributed by atoms with E-state index in [1.165, 1.54) is 10.4 Å². The van der Waals surface area contributed by atoms with Crippen molar-refractivity contribution >= 4 is 40.0 Å². The standard InChI is InChI=1S/C20H29N5O4S2/c1-4-9-16(30-5-2)14-23-19(24-29-21-3)15-22-17-10-8-11-18(20(17)26)31(27,28)25-12-6-7-13-25/h4,8-11,22,26H,1,3,5-7,12-15H2,2H3,(H,23,24)/b16-9-. The van der Waals surface area contributed by atoms with Crippen molar-refractivity contribution in [1.82, 2.24) is 9.79 Å². The molecule has 1 aliphatic heterocycles. The maximum atomic E-state index is 12.8. The number of rotatable bonds is 12. The lowest BCUT2D eigenvalue weighted by Gasteiger charge is -2.18. The summed E-state index contributed by atoms with van der Waals surface area (Å²) in [5.74, 6) is 0.962. The highest BCUT2D eigenvalue weighted by Crippen LogP contribution is 2.33. The second-order valence-corrected chi connectivity index (χ2v) is 9.80. The number of oxime groups is 1. The average molecular weight is 468 g/mol. The van der Waals surface area contributed by atoms with Crippen molar-refractivity contribution in [2.24, 2.45) is 10.1 Å². The highest BCUT2D eigenvalue weighted by Gasteiger charge is 2.30. The summed E-state index contributed by atoms with van der Waals surface area (Å²) in [4.78, 5) is 10.2. The molecule has 1 aromatic carbocycles. The Bertz CT molecular complexity index is 925. The minimum Gasteiger partial charge on any atom is -0.504 e. The quantitative estimate of drug-likeness (QED) is 0.142. The summed E-state index contributed by atoms with van der Waals surface area (Å²) in [6, 6.07) is 4.58. The number of para-hydroxylation sites is 1. The van der Waals surface area contributed by atoms with Crippen LogP contribution >= 0.6 is 11.8 Å². The van der Waals surface area contributed by atoms with E-state index in [9.17, 15) is 13.5 Å². The summed E-state index contributed by atoms with van der Waals surface area (Å²) in [6.07, 6.45) is 5.22. The van der Waals surface area contributed by atoms with E-state index in [1.54, 1.807) is 30.0 Å². The minimum atomic E-state index is -3.75. The Morgan fingerprint density at radius 2 is 2.13 bits per heavy atom. The van der Waals surface area contributed by atoms with Crippen molar-refractivity contribution < 1.29 is 18.5 Å². The predicted molar refractivity (Wildman–Crippen MR) is 127 cm³/mol. The number of aliphatic imine (C=N–C) groups is 1. The number of hydrogen-bond donors (Lipinski definition) is 3. The van der Waals surface area contributed by atoms with E-state index in [2.05, 4.69) is 34.2 Å². The number of amidine groups is 1. The zero-order valence-corrected chi connectivity index (χ0v) is 19.2. The van der Waals surface area contributed by atoms with Crippen molar-refractivity contribution in [2.45, 2.75) is 24.7 Å². The molecule has 0 atom stereocenters. The third-order valence-corrected chi connectivity index (χ3v) is 7.27. The molecule has 11 heteroatoms. The number of hydroxylamine groups is 1. The van der Waals surface area contributed by atoms with E-state index >= 15 is 0 Å². The normalized spacial score (nSPS) is 15.5. The van der Waals surface area contributed by atoms with Crippen LogP contribution in [0.3, 0.4) is 0 Å². The zero-order chi connectivity index (χ0) is 22.7. The molecule has 0 aromatic heterocycles. The lowest BCUT2D eigenvalue weighted by Crippen LogP contribution is -2.30. The van der Waals surface area contributed by atoms with Crippen molar-refractivity contribution in [3.05, 3.63) is 41.8 Å². The van der Waals surface area contributed by atoms with Gasteiger partial charge in [-0.2, -0.15) is 9.79 Å². The van der Waals surface area contributed by atoms with Gasteiger partial charge in [-0.15, -0.1) is 11.8 Å². The molecule has 0 saturated carbocycles. The monoisotopic (exact) mass is 467 g/mol. The molecule has 31 heavy (non-hydrogen) atoms. The van der Waals surface area contributed by atoms with Crippen LogP contribution in [0.25, 0.3) is 0 Å². The number of aromatic hydroxyl groups is 1. The zero-order valence-electron chi connectivity index (χ0n) is 17.6. The lowest BCUT2D eigenvalue weighted by molar-refractivity contribution is 0.0945. The Hall–Kier alpha value is -2.50. The van der Waals surface area contributed by atoms with Gasteiger partial charge in [-0.1, -0.05) is 36.9 Å². The minimum absolute atomic E-state index is 0.120. The molecule has 9 nitrogen and oxygen atoms in total. The fraction of sp³-hybridized carbons (Fsp3) is 0.400. The van der Waals surface area contributed by atoms with E-state index in [4.69, 9.17) is 4.94 Å². The van der Waals surface area contributed by atoms with Crippen LogP contribution in [0.4, 0.5) is 5.69 Å². The number of anilines is 1. The molecule has 0 radical (unpaired) electrons. The lowest BCUT2D eigenvalue weighted by atomic mass is 10.3. The smallest absolute Gasteiger partial charge is 0.246 e. The van der Waals surface area contributed by atoms with Crippen LogP contribution in [0, 0.1) is 0 Å². The third kappa shape index (κ3) is 7.01. The summed E-state index contributed by atoms with van der Waals surface area (Å²) in [7, 11) is -3.75. The number of nitrogens with zero attached hydrogens (tertiary/aromatic N) is 3. The Balaban J connectivity index is 2.17. The van der Waals surface area contributed by atoms with Crippen LogP contribution in [0.2, 0.25) is 0 Å². The van der Waals surface area contributed by atoms with Crippen LogP contribution in [0.1, 0.15) is 19.8 Å². The van der Waals surface area contributed by atoms with E-state index in [0.29, 0.717) is 25.5 Å². The fourth-order valence-corrected chi connectivity index (χ4v) is 5.31. The molecule has 0 aliphatic carbocycles. The van der Waals surface area contributed by atoms with Crippen LogP contribution < -0.4 is 10.8 Å². The van der Waals surface area contributed by atoms with Gasteiger partial charge in [-0.25, -0.2) is 8.42 Å². The SMILES string of the molecule is C=C/C=C(/CN=C(CNc1cccc(S(=O)(=O)N2CCCC2)c1O)NON=C)SCC. The van der Waals surface area contributed by atoms with E-state index in [0.717, 1.165) is 23.5 Å². The van der Waals surface area contributed by atoms with Gasteiger partial charge in [0.1, 0.15) is 4.90 Å². The maximum absolute atomic E-state index is 12.8. The molecule has 1 fully saturated rings. The summed E-state index contributed by atoms with van der Waals surface area (Å²) < 4.78 is 27.1. The highest BCUT2D eigenvalue weighted by atomic mass is 32.2. The number of benzene rings is 1. The van der Waals surface area contributed by atoms with Gasteiger partial charge in [-0.05, 0) is 30.7 Å². The Morgan fingerprint density at radius 3 is 2.77 bits per heavy atom. The van der Waals surface area contributed by atoms with Crippen LogP contribution in [-0.4, -0.2) is 62.3 Å². The molecule has 1 saturated heterocycles. The molecular formula is C20H29N5O4S2. The van der Waals surface area contributed by atoms with Crippen molar-refractivity contribution in [1.29, 1.82) is 0 Å². The number of allylic oxidation sites excluding steroid dienone is 2. The van der Waals surface area contributed by atoms with Gasteiger partial charge >= 0.3 is 0 Å². The number of nitrogens with one attached hydrogen (secondary N) is 2. The molecule has 1 aliphatic rings. The van der Waals surface area contributed by atoms with Gasteiger partial charge in [0.2, 0.25) is 10.0 Å². The van der Waals surface area contributed by atoms with Crippen molar-refractivity contribution in [3.8, 4) is 5.75 Å². The molecular weight excluding hydrogens is 438 g/mol. The Morgan fingerprint density at radius 1 is 1.39 bits per heavy atom. The van der Waals surface area contributed by atoms with E-state index in [-0.39, 0.29) is 22.9 Å². The van der Waals surface area contributed by atoms with Gasteiger partial charge < -0.3 is 10.4 Å². The molecule has 1 heterocycles. The first-order chi connectivity index (χ1) is 14.9. The van der Waals surface area contributed by atoms with Crippen molar-refractivity contribution in [2.75, 3.05) is 37.2 Å². The van der Waals surface area contributed by atoms with Gasteiger partial charge in [0.05, 0.1) is 18.8 Å². The number of phenolic OH excluding ortho intramolecular Hbond substituents is 1. The largest absolute Gasteiger partial charge is 0.504 e. The number of phenols is 1. The molecule has 0 unspecified atom stereocenters. The first kappa shape index (κ1) is 24.8. The summed E-state index contributed by atoms with van der Waals surface area (Å²) >= 11 is 1.65. The van der Waals surface area contributed by atoms with Gasteiger partial charge in [0.15, 0.2) is 11.6 Å². The predicted octanol–water partition coefficient (Wildman–Crippen LogP) is 2.95. The van der Waals surface area contributed by atoms with Gasteiger partial charge in [0.25, 0.3) is 0 Å². The average Bonchev–Trinajstić information content (AvgIpc) is 3.30. The Labute approximate surface area is 188 Å². The first-order valence-corrected chi connectivity index (χ1v) is 12.3. The molecule has 1 aromatic rings. The van der Waals surface area contributed by atoms with Crippen molar-refractivity contribution in [3.63, 3.8) is 0 Å². The second-order valence-electron chi connectivity index (χ2n) is 6.50. The number of hydrogen-bond acceptors (Lipinski definition) is 8. The topological polar surface area (TPSA) is 116 Å². The van der Waals surface area contributed by atoms with Crippen LogP contribution in [0.5, 0.6) is 5.75 Å². The van der Waals surface area contributed by atoms with Gasteiger partial charge in [0, 0.05) is 24.7 Å². The molecule has 0 spiro atoms. The Kier molecular flexibility index (Phi) is 9.89. The van der Waals surface area contributed by atoms with Gasteiger partial charge in [-0.3, -0.25) is 9.93 Å². The molecule has 3 N–H and O–H groups in total. The summed E-state index contributed by atoms with van der Waals surface area (Å²) in [5.41, 5.74) is 2.85. The molecule has 0 bridgehead atoms. The maximum Gasteiger partial charge on any atom is 0.246 e. The van der Waals surface area contributed by atoms with Crippen LogP contribution in [-0.2, 0) is 15.0 Å². The second kappa shape index (κ2) is 12.4. The first-order valence-electron chi connectivity index (χ1n) is 9.85. The summed E-state index contributed by atoms with van der Waals surface area (Å²) in [5, 5.41) is 16.9. The van der Waals surface area contributed by atoms with Crippen LogP contribution in [0.15, 0.2) is 56.9 Å². The third-order valence-electron chi connectivity index (χ3n) is 4.42. The molecule has 2 rings (SSSR count). The molecule has 0 amide bonds. The highest BCUT2D eigenvalue weighted by molar-refractivity contribution is 8.03. The molecule has 170 valence electrons. The van der Waals surface area contributed by atoms with E-state index in [1.807, 2.05) is 13.0 Å². The summed E-state index contributed by atoms with van der Waals surface area (Å²) in [6.45, 7) is 10.4. The fourth-order valence-electron chi connectivity index (χ4n) is 2.97. The number of sulfonamides is 1.